The molecule has 0 spiro atoms. The van der Waals surface area contributed by atoms with Gasteiger partial charge in [0.1, 0.15) is 5.76 Å². The molecule has 0 radical (unpaired) electrons. The minimum absolute atomic E-state index is 0.0526. The lowest BCUT2D eigenvalue weighted by molar-refractivity contribution is -0.139. The van der Waals surface area contributed by atoms with Crippen LogP contribution in [0.4, 0.5) is 0 Å². The molecule has 7 nitrogen and oxygen atoms in total. The van der Waals surface area contributed by atoms with Crippen LogP contribution >= 0.6 is 0 Å². The minimum Gasteiger partial charge on any atom is -0.465 e. The van der Waals surface area contributed by atoms with E-state index >= 15 is 0 Å². The lowest BCUT2D eigenvalue weighted by atomic mass is 9.96. The molecule has 1 aliphatic rings. The standard InChI is InChI=1S/C23H27N3O4/c1-17(19-6-3-2-4-7-19)25-23(29)22(28)24-16-18-11-13-26(14-12-18)21(27)10-9-20-8-5-15-30-20/h2-10,15,17-18H,11-14,16H2,1H3,(H,24,28)(H,25,29)/b10-9+. The zero-order chi connectivity index (χ0) is 21.3. The predicted molar refractivity (Wildman–Crippen MR) is 113 cm³/mol. The zero-order valence-electron chi connectivity index (χ0n) is 17.0. The molecule has 30 heavy (non-hydrogen) atoms. The number of hydrogen-bond acceptors (Lipinski definition) is 4. The number of hydrogen-bond donors (Lipinski definition) is 2. The Balaban J connectivity index is 1.37. The lowest BCUT2D eigenvalue weighted by Crippen LogP contribution is -2.45. The molecule has 1 aromatic carbocycles. The second kappa shape index (κ2) is 10.4. The van der Waals surface area contributed by atoms with E-state index in [4.69, 9.17) is 4.42 Å². The smallest absolute Gasteiger partial charge is 0.309 e. The van der Waals surface area contributed by atoms with Crippen LogP contribution in [0.3, 0.4) is 0 Å². The molecule has 158 valence electrons. The third-order valence-corrected chi connectivity index (χ3v) is 5.26. The number of amides is 3. The maximum atomic E-state index is 12.2. The summed E-state index contributed by atoms with van der Waals surface area (Å²) in [6, 6.07) is 12.8. The molecule has 3 rings (SSSR count). The van der Waals surface area contributed by atoms with Crippen LogP contribution < -0.4 is 10.6 Å². The first-order valence-electron chi connectivity index (χ1n) is 10.2. The van der Waals surface area contributed by atoms with Crippen molar-refractivity contribution in [3.05, 3.63) is 66.1 Å². The van der Waals surface area contributed by atoms with Gasteiger partial charge in [0.05, 0.1) is 12.3 Å². The first-order valence-corrected chi connectivity index (χ1v) is 10.2. The molecule has 1 fully saturated rings. The second-order valence-corrected chi connectivity index (χ2v) is 7.43. The summed E-state index contributed by atoms with van der Waals surface area (Å²) >= 11 is 0. The largest absolute Gasteiger partial charge is 0.465 e. The van der Waals surface area contributed by atoms with Gasteiger partial charge in [0.2, 0.25) is 5.91 Å². The molecule has 1 unspecified atom stereocenters. The van der Waals surface area contributed by atoms with Gasteiger partial charge in [-0.2, -0.15) is 0 Å². The fourth-order valence-corrected chi connectivity index (χ4v) is 3.41. The number of rotatable bonds is 6. The average Bonchev–Trinajstić information content (AvgIpc) is 3.30. The fourth-order valence-electron chi connectivity index (χ4n) is 3.41. The highest BCUT2D eigenvalue weighted by Gasteiger charge is 2.23. The Kier molecular flexibility index (Phi) is 7.43. The summed E-state index contributed by atoms with van der Waals surface area (Å²) in [6.45, 7) is 3.52. The van der Waals surface area contributed by atoms with Crippen molar-refractivity contribution >= 4 is 23.8 Å². The van der Waals surface area contributed by atoms with Crippen molar-refractivity contribution in [3.8, 4) is 0 Å². The van der Waals surface area contributed by atoms with Gasteiger partial charge >= 0.3 is 11.8 Å². The monoisotopic (exact) mass is 409 g/mol. The quantitative estimate of drug-likeness (QED) is 0.567. The number of nitrogens with zero attached hydrogens (tertiary/aromatic N) is 1. The van der Waals surface area contributed by atoms with Crippen LogP contribution in [0.15, 0.2) is 59.2 Å². The number of furan rings is 1. The van der Waals surface area contributed by atoms with E-state index in [2.05, 4.69) is 10.6 Å². The van der Waals surface area contributed by atoms with Crippen LogP contribution in [-0.2, 0) is 14.4 Å². The van der Waals surface area contributed by atoms with E-state index in [0.717, 1.165) is 18.4 Å². The lowest BCUT2D eigenvalue weighted by Gasteiger charge is -2.31. The van der Waals surface area contributed by atoms with Gasteiger partial charge in [0, 0.05) is 25.7 Å². The van der Waals surface area contributed by atoms with Gasteiger partial charge < -0.3 is 20.0 Å². The first-order chi connectivity index (χ1) is 14.5. The van der Waals surface area contributed by atoms with Gasteiger partial charge in [0.25, 0.3) is 0 Å². The topological polar surface area (TPSA) is 91.7 Å². The normalized spacial score (nSPS) is 15.7. The number of piperidine rings is 1. The summed E-state index contributed by atoms with van der Waals surface area (Å²) in [5.41, 5.74) is 0.941. The maximum absolute atomic E-state index is 12.2. The van der Waals surface area contributed by atoms with E-state index in [1.807, 2.05) is 37.3 Å². The van der Waals surface area contributed by atoms with E-state index in [1.54, 1.807) is 29.4 Å². The Morgan fingerprint density at radius 1 is 1.10 bits per heavy atom. The zero-order valence-corrected chi connectivity index (χ0v) is 17.0. The van der Waals surface area contributed by atoms with Crippen LogP contribution in [0.25, 0.3) is 6.08 Å². The molecule has 1 aliphatic heterocycles. The molecule has 7 heteroatoms. The highest BCUT2D eigenvalue weighted by Crippen LogP contribution is 2.17. The van der Waals surface area contributed by atoms with Gasteiger partial charge in [-0.1, -0.05) is 30.3 Å². The number of likely N-dealkylation sites (tertiary alicyclic amines) is 1. The summed E-state index contributed by atoms with van der Waals surface area (Å²) in [6.07, 6.45) is 6.29. The summed E-state index contributed by atoms with van der Waals surface area (Å²) in [4.78, 5) is 38.3. The number of carbonyl (C=O) groups excluding carboxylic acids is 3. The SMILES string of the molecule is CC(NC(=O)C(=O)NCC1CCN(C(=O)/C=C/c2ccco2)CC1)c1ccccc1. The molecule has 2 N–H and O–H groups in total. The fraction of sp³-hybridized carbons (Fsp3) is 0.348. The number of benzene rings is 1. The van der Waals surface area contributed by atoms with Gasteiger partial charge in [-0.15, -0.1) is 0 Å². The molecule has 1 atom stereocenters. The molecule has 1 saturated heterocycles. The molecule has 2 aromatic rings. The minimum atomic E-state index is -0.637. The molecule has 1 aromatic heterocycles. The Morgan fingerprint density at radius 3 is 2.50 bits per heavy atom. The summed E-state index contributed by atoms with van der Waals surface area (Å²) in [5, 5.41) is 5.43. The second-order valence-electron chi connectivity index (χ2n) is 7.43. The van der Waals surface area contributed by atoms with E-state index < -0.39 is 11.8 Å². The third kappa shape index (κ3) is 6.07. The van der Waals surface area contributed by atoms with Crippen LogP contribution in [0.5, 0.6) is 0 Å². The van der Waals surface area contributed by atoms with E-state index in [0.29, 0.717) is 25.4 Å². The summed E-state index contributed by atoms with van der Waals surface area (Å²) in [7, 11) is 0. The molecule has 2 heterocycles. The van der Waals surface area contributed by atoms with E-state index in [9.17, 15) is 14.4 Å². The van der Waals surface area contributed by atoms with Crippen molar-refractivity contribution < 1.29 is 18.8 Å². The Bertz CT molecular complexity index is 869. The predicted octanol–water partition coefficient (Wildman–Crippen LogP) is 2.53. The van der Waals surface area contributed by atoms with Gasteiger partial charge in [-0.3, -0.25) is 14.4 Å². The van der Waals surface area contributed by atoms with E-state index in [-0.39, 0.29) is 17.9 Å². The Labute approximate surface area is 176 Å². The van der Waals surface area contributed by atoms with Crippen molar-refractivity contribution in [2.75, 3.05) is 19.6 Å². The van der Waals surface area contributed by atoms with Gasteiger partial charge in [0.15, 0.2) is 0 Å². The van der Waals surface area contributed by atoms with Crippen molar-refractivity contribution in [2.45, 2.75) is 25.8 Å². The van der Waals surface area contributed by atoms with Crippen molar-refractivity contribution in [1.29, 1.82) is 0 Å². The number of carbonyl (C=O) groups is 3. The van der Waals surface area contributed by atoms with Crippen LogP contribution in [0, 0.1) is 5.92 Å². The summed E-state index contributed by atoms with van der Waals surface area (Å²) < 4.78 is 5.18. The molecular weight excluding hydrogens is 382 g/mol. The van der Waals surface area contributed by atoms with Crippen LogP contribution in [-0.4, -0.2) is 42.3 Å². The van der Waals surface area contributed by atoms with Crippen LogP contribution in [0.1, 0.15) is 37.1 Å². The van der Waals surface area contributed by atoms with E-state index in [1.165, 1.54) is 6.08 Å². The maximum Gasteiger partial charge on any atom is 0.309 e. The van der Waals surface area contributed by atoms with Gasteiger partial charge in [-0.05, 0) is 49.5 Å². The highest BCUT2D eigenvalue weighted by molar-refractivity contribution is 6.35. The highest BCUT2D eigenvalue weighted by atomic mass is 16.3. The average molecular weight is 409 g/mol. The molecule has 0 aliphatic carbocycles. The molecule has 0 bridgehead atoms. The molecular formula is C23H27N3O4. The Morgan fingerprint density at radius 2 is 1.83 bits per heavy atom. The third-order valence-electron chi connectivity index (χ3n) is 5.26. The molecule has 0 saturated carbocycles. The Hall–Kier alpha value is -3.35. The number of nitrogens with one attached hydrogen (secondary N) is 2. The first kappa shape index (κ1) is 21.4. The van der Waals surface area contributed by atoms with Crippen LogP contribution in [0.2, 0.25) is 0 Å². The summed E-state index contributed by atoms with van der Waals surface area (Å²) in [5.74, 6) is -0.435. The van der Waals surface area contributed by atoms with Crippen molar-refractivity contribution in [1.82, 2.24) is 15.5 Å². The molecule has 3 amide bonds. The van der Waals surface area contributed by atoms with Crippen molar-refractivity contribution in [3.63, 3.8) is 0 Å². The van der Waals surface area contributed by atoms with Gasteiger partial charge in [-0.25, -0.2) is 0 Å². The van der Waals surface area contributed by atoms with Crippen molar-refractivity contribution in [2.24, 2.45) is 5.92 Å².